The van der Waals surface area contributed by atoms with Crippen LogP contribution in [0.2, 0.25) is 0 Å². The molecule has 0 radical (unpaired) electrons. The maximum Gasteiger partial charge on any atom is 0.341 e. The summed E-state index contributed by atoms with van der Waals surface area (Å²) in [7, 11) is 0. The van der Waals surface area contributed by atoms with Crippen molar-refractivity contribution in [3.8, 4) is 0 Å². The van der Waals surface area contributed by atoms with Crippen molar-refractivity contribution in [2.75, 3.05) is 6.61 Å². The van der Waals surface area contributed by atoms with E-state index in [0.29, 0.717) is 0 Å². The molecule has 84 valence electrons. The Morgan fingerprint density at radius 2 is 1.62 bits per heavy atom. The number of aromatic carboxylic acids is 1. The normalized spacial score (nSPS) is 9.50. The van der Waals surface area contributed by atoms with Gasteiger partial charge in [-0.25, -0.2) is 14.4 Å². The molecule has 1 aromatic rings. The second-order valence-corrected chi connectivity index (χ2v) is 2.82. The average molecular weight is 224 g/mol. The largest absolute Gasteiger partial charge is 0.479 e. The number of carboxylic acids is 2. The summed E-state index contributed by atoms with van der Waals surface area (Å²) in [6.07, 6.45) is 0. The lowest BCUT2D eigenvalue weighted by molar-refractivity contribution is -0.140. The molecule has 2 N–H and O–H groups in total. The van der Waals surface area contributed by atoms with Crippen LogP contribution in [-0.2, 0) is 9.53 Å². The van der Waals surface area contributed by atoms with Crippen LogP contribution in [0.1, 0.15) is 20.7 Å². The topological polar surface area (TPSA) is 101 Å². The SMILES string of the molecule is O=C(O)COC(=O)c1ccccc1C(=O)O. The summed E-state index contributed by atoms with van der Waals surface area (Å²) in [5.41, 5.74) is -0.394. The number of ether oxygens (including phenoxy) is 1. The number of esters is 1. The molecule has 0 unspecified atom stereocenters. The van der Waals surface area contributed by atoms with E-state index < -0.39 is 24.5 Å². The van der Waals surface area contributed by atoms with E-state index in [0.717, 1.165) is 0 Å². The summed E-state index contributed by atoms with van der Waals surface area (Å²) in [6, 6.07) is 5.41. The maximum absolute atomic E-state index is 11.3. The minimum absolute atomic E-state index is 0.170. The summed E-state index contributed by atoms with van der Waals surface area (Å²) < 4.78 is 4.38. The molecular formula is C10H8O6. The molecule has 0 atom stereocenters. The average Bonchev–Trinajstić information content (AvgIpc) is 2.25. The minimum Gasteiger partial charge on any atom is -0.479 e. The predicted octanol–water partition coefficient (Wildman–Crippen LogP) is 0.626. The third-order valence-electron chi connectivity index (χ3n) is 1.70. The highest BCUT2D eigenvalue weighted by molar-refractivity contribution is 6.02. The Labute approximate surface area is 90.1 Å². The number of carbonyl (C=O) groups is 3. The summed E-state index contributed by atoms with van der Waals surface area (Å²) >= 11 is 0. The first-order valence-corrected chi connectivity index (χ1v) is 4.23. The Bertz CT molecular complexity index is 437. The number of rotatable bonds is 4. The molecule has 0 aromatic heterocycles. The summed E-state index contributed by atoms with van der Waals surface area (Å²) in [5, 5.41) is 17.1. The van der Waals surface area contributed by atoms with Crippen molar-refractivity contribution >= 4 is 17.9 Å². The van der Waals surface area contributed by atoms with Crippen molar-refractivity contribution in [2.24, 2.45) is 0 Å². The molecule has 0 amide bonds. The lowest BCUT2D eigenvalue weighted by atomic mass is 10.1. The smallest absolute Gasteiger partial charge is 0.341 e. The van der Waals surface area contributed by atoms with Gasteiger partial charge in [0.25, 0.3) is 0 Å². The molecule has 16 heavy (non-hydrogen) atoms. The van der Waals surface area contributed by atoms with Crippen LogP contribution in [0.3, 0.4) is 0 Å². The van der Waals surface area contributed by atoms with E-state index in [1.165, 1.54) is 24.3 Å². The first-order valence-electron chi connectivity index (χ1n) is 4.23. The van der Waals surface area contributed by atoms with Crippen molar-refractivity contribution in [3.05, 3.63) is 35.4 Å². The second-order valence-electron chi connectivity index (χ2n) is 2.82. The molecule has 6 heteroatoms. The lowest BCUT2D eigenvalue weighted by Crippen LogP contribution is -2.16. The standard InChI is InChI=1S/C10H8O6/c11-8(12)5-16-10(15)7-4-2-1-3-6(7)9(13)14/h1-4H,5H2,(H,11,12)(H,13,14). The van der Waals surface area contributed by atoms with Gasteiger partial charge in [0.2, 0.25) is 0 Å². The van der Waals surface area contributed by atoms with E-state index in [9.17, 15) is 14.4 Å². The molecule has 0 spiro atoms. The number of benzene rings is 1. The van der Waals surface area contributed by atoms with Gasteiger partial charge >= 0.3 is 17.9 Å². The summed E-state index contributed by atoms with van der Waals surface area (Å²) in [4.78, 5) is 32.2. The van der Waals surface area contributed by atoms with Crippen molar-refractivity contribution in [3.63, 3.8) is 0 Å². The fourth-order valence-electron chi connectivity index (χ4n) is 1.05. The lowest BCUT2D eigenvalue weighted by Gasteiger charge is -2.04. The van der Waals surface area contributed by atoms with Crippen LogP contribution >= 0.6 is 0 Å². The Kier molecular flexibility index (Phi) is 3.60. The van der Waals surface area contributed by atoms with Gasteiger partial charge in [-0.3, -0.25) is 0 Å². The van der Waals surface area contributed by atoms with E-state index in [2.05, 4.69) is 4.74 Å². The van der Waals surface area contributed by atoms with E-state index in [1.807, 2.05) is 0 Å². The quantitative estimate of drug-likeness (QED) is 0.727. The van der Waals surface area contributed by atoms with Crippen LogP contribution in [0, 0.1) is 0 Å². The van der Waals surface area contributed by atoms with E-state index >= 15 is 0 Å². The van der Waals surface area contributed by atoms with Gasteiger partial charge in [-0.1, -0.05) is 12.1 Å². The maximum atomic E-state index is 11.3. The Morgan fingerprint density at radius 3 is 2.12 bits per heavy atom. The van der Waals surface area contributed by atoms with Crippen LogP contribution in [-0.4, -0.2) is 34.7 Å². The van der Waals surface area contributed by atoms with Crippen molar-refractivity contribution < 1.29 is 29.3 Å². The van der Waals surface area contributed by atoms with Gasteiger partial charge in [0.05, 0.1) is 11.1 Å². The predicted molar refractivity (Wildman–Crippen MR) is 51.3 cm³/mol. The zero-order chi connectivity index (χ0) is 12.1. The van der Waals surface area contributed by atoms with Gasteiger partial charge in [0.15, 0.2) is 6.61 Å². The Balaban J connectivity index is 2.90. The number of carbonyl (C=O) groups excluding carboxylic acids is 1. The van der Waals surface area contributed by atoms with Crippen LogP contribution in [0.5, 0.6) is 0 Å². The second kappa shape index (κ2) is 4.92. The molecule has 0 aliphatic heterocycles. The number of aliphatic carboxylic acids is 1. The van der Waals surface area contributed by atoms with Gasteiger partial charge in [0, 0.05) is 0 Å². The van der Waals surface area contributed by atoms with Gasteiger partial charge in [0.1, 0.15) is 0 Å². The van der Waals surface area contributed by atoms with Gasteiger partial charge in [-0.2, -0.15) is 0 Å². The minimum atomic E-state index is -1.30. The molecular weight excluding hydrogens is 216 g/mol. The molecule has 0 heterocycles. The third kappa shape index (κ3) is 2.81. The molecule has 0 aliphatic rings. The van der Waals surface area contributed by atoms with E-state index in [4.69, 9.17) is 10.2 Å². The Morgan fingerprint density at radius 1 is 1.06 bits per heavy atom. The highest BCUT2D eigenvalue weighted by Crippen LogP contribution is 2.10. The fraction of sp³-hybridized carbons (Fsp3) is 0.100. The molecule has 0 fully saturated rings. The zero-order valence-electron chi connectivity index (χ0n) is 8.04. The van der Waals surface area contributed by atoms with E-state index in [1.54, 1.807) is 0 Å². The van der Waals surface area contributed by atoms with E-state index in [-0.39, 0.29) is 11.1 Å². The number of hydrogen-bond acceptors (Lipinski definition) is 4. The summed E-state index contributed by atoms with van der Waals surface area (Å²) in [6.45, 7) is -0.799. The first kappa shape index (κ1) is 11.7. The zero-order valence-corrected chi connectivity index (χ0v) is 8.04. The fourth-order valence-corrected chi connectivity index (χ4v) is 1.05. The number of hydrogen-bond donors (Lipinski definition) is 2. The molecule has 1 aromatic carbocycles. The van der Waals surface area contributed by atoms with Gasteiger partial charge < -0.3 is 14.9 Å². The van der Waals surface area contributed by atoms with Crippen LogP contribution in [0.15, 0.2) is 24.3 Å². The van der Waals surface area contributed by atoms with Crippen LogP contribution in [0.25, 0.3) is 0 Å². The molecule has 0 saturated heterocycles. The summed E-state index contributed by atoms with van der Waals surface area (Å²) in [5.74, 6) is -3.55. The van der Waals surface area contributed by atoms with Crippen molar-refractivity contribution in [1.82, 2.24) is 0 Å². The monoisotopic (exact) mass is 224 g/mol. The molecule has 1 rings (SSSR count). The molecule has 6 nitrogen and oxygen atoms in total. The first-order chi connectivity index (χ1) is 7.52. The molecule has 0 aliphatic carbocycles. The number of carboxylic acid groups (broad SMARTS) is 2. The third-order valence-corrected chi connectivity index (χ3v) is 1.70. The van der Waals surface area contributed by atoms with Gasteiger partial charge in [-0.15, -0.1) is 0 Å². The highest BCUT2D eigenvalue weighted by atomic mass is 16.5. The molecule has 0 bridgehead atoms. The Hall–Kier alpha value is -2.37. The van der Waals surface area contributed by atoms with Gasteiger partial charge in [-0.05, 0) is 12.1 Å². The highest BCUT2D eigenvalue weighted by Gasteiger charge is 2.17. The van der Waals surface area contributed by atoms with Crippen molar-refractivity contribution in [1.29, 1.82) is 0 Å². The van der Waals surface area contributed by atoms with Crippen molar-refractivity contribution in [2.45, 2.75) is 0 Å². The van der Waals surface area contributed by atoms with Crippen LogP contribution < -0.4 is 0 Å². The van der Waals surface area contributed by atoms with Crippen LogP contribution in [0.4, 0.5) is 0 Å². The molecule has 0 saturated carbocycles.